The normalized spacial score (nSPS) is 9.40. The first-order valence-corrected chi connectivity index (χ1v) is 3.37. The van der Waals surface area contributed by atoms with Gasteiger partial charge >= 0.3 is 0 Å². The third kappa shape index (κ3) is 1.36. The zero-order valence-corrected chi connectivity index (χ0v) is 6.52. The molecule has 1 rings (SSSR count). The Kier molecular flexibility index (Phi) is 2.07. The average Bonchev–Trinajstić information content (AvgIpc) is 1.95. The Balaban J connectivity index is 3.16. The Hall–Kier alpha value is -0.820. The van der Waals surface area contributed by atoms with Gasteiger partial charge in [-0.3, -0.25) is 0 Å². The Morgan fingerprint density at radius 3 is 2.80 bits per heavy atom. The third-order valence-corrected chi connectivity index (χ3v) is 1.65. The van der Waals surface area contributed by atoms with Crippen LogP contribution in [0.3, 0.4) is 0 Å². The summed E-state index contributed by atoms with van der Waals surface area (Å²) in [6.07, 6.45) is 1.67. The highest BCUT2D eigenvalue weighted by Gasteiger charge is 1.94. The zero-order valence-electron chi connectivity index (χ0n) is 5.76. The van der Waals surface area contributed by atoms with Crippen molar-refractivity contribution in [1.82, 2.24) is 4.98 Å². The maximum Gasteiger partial charge on any atom is 0.132 e. The smallest absolute Gasteiger partial charge is 0.132 e. The maximum atomic E-state index is 5.73. The molecule has 0 aliphatic rings. The first-order valence-electron chi connectivity index (χ1n) is 2.99. The van der Waals surface area contributed by atoms with E-state index < -0.39 is 0 Å². The molecule has 0 aliphatic carbocycles. The summed E-state index contributed by atoms with van der Waals surface area (Å²) in [7, 11) is 0. The van der Waals surface area contributed by atoms with Crippen molar-refractivity contribution in [3.8, 4) is 0 Å². The lowest BCUT2D eigenvalue weighted by Crippen LogP contribution is -1.83. The molecule has 1 heterocycles. The van der Waals surface area contributed by atoms with E-state index in [0.717, 1.165) is 11.3 Å². The molecule has 0 spiro atoms. The van der Waals surface area contributed by atoms with Crippen molar-refractivity contribution in [2.45, 2.75) is 6.92 Å². The molecule has 0 saturated heterocycles. The van der Waals surface area contributed by atoms with Gasteiger partial charge in [-0.25, -0.2) is 4.98 Å². The molecule has 0 atom stereocenters. The molecule has 0 aliphatic heterocycles. The fraction of sp³-hybridized carbons (Fsp3) is 0.125. The summed E-state index contributed by atoms with van der Waals surface area (Å²) in [4.78, 5) is 4.04. The van der Waals surface area contributed by atoms with Gasteiger partial charge in [0.25, 0.3) is 0 Å². The van der Waals surface area contributed by atoms with Gasteiger partial charge in [-0.2, -0.15) is 0 Å². The lowest BCUT2D eigenvalue weighted by Gasteiger charge is -1.96. The van der Waals surface area contributed by atoms with Crippen LogP contribution in [0.15, 0.2) is 18.7 Å². The molecule has 1 nitrogen and oxygen atoms in total. The quantitative estimate of drug-likeness (QED) is 0.566. The standard InChI is InChI=1S/C8H8ClN/c1-3-7-5-4-6(2)8(9)10-7/h3-5H,1H2,2H3. The van der Waals surface area contributed by atoms with Gasteiger partial charge in [0, 0.05) is 0 Å². The van der Waals surface area contributed by atoms with E-state index in [1.54, 1.807) is 6.08 Å². The second-order valence-electron chi connectivity index (χ2n) is 2.05. The molecule has 0 bridgehead atoms. The molecule has 0 amide bonds. The molecular formula is C8H8ClN. The molecule has 0 radical (unpaired) electrons. The van der Waals surface area contributed by atoms with E-state index in [-0.39, 0.29) is 0 Å². The topological polar surface area (TPSA) is 12.9 Å². The van der Waals surface area contributed by atoms with Gasteiger partial charge < -0.3 is 0 Å². The zero-order chi connectivity index (χ0) is 7.56. The molecule has 0 fully saturated rings. The number of pyridine rings is 1. The molecular weight excluding hydrogens is 146 g/mol. The molecule has 2 heteroatoms. The SMILES string of the molecule is C=Cc1ccc(C)c(Cl)n1. The summed E-state index contributed by atoms with van der Waals surface area (Å²) in [5, 5.41) is 0.553. The number of nitrogens with zero attached hydrogens (tertiary/aromatic N) is 1. The predicted molar refractivity (Wildman–Crippen MR) is 44.1 cm³/mol. The van der Waals surface area contributed by atoms with E-state index in [9.17, 15) is 0 Å². The van der Waals surface area contributed by atoms with Crippen molar-refractivity contribution in [3.63, 3.8) is 0 Å². The summed E-state index contributed by atoms with van der Waals surface area (Å²) < 4.78 is 0. The summed E-state index contributed by atoms with van der Waals surface area (Å²) in [5.74, 6) is 0. The third-order valence-electron chi connectivity index (χ3n) is 1.27. The summed E-state index contributed by atoms with van der Waals surface area (Å²) in [6.45, 7) is 5.50. The van der Waals surface area contributed by atoms with Crippen LogP contribution >= 0.6 is 11.6 Å². The van der Waals surface area contributed by atoms with Crippen molar-refractivity contribution in [2.24, 2.45) is 0 Å². The van der Waals surface area contributed by atoms with Crippen molar-refractivity contribution < 1.29 is 0 Å². The highest BCUT2D eigenvalue weighted by Crippen LogP contribution is 2.12. The molecule has 1 aromatic heterocycles. The number of halogens is 1. The minimum atomic E-state index is 0.553. The van der Waals surface area contributed by atoms with Crippen LogP contribution in [0.5, 0.6) is 0 Å². The Labute approximate surface area is 65.4 Å². The van der Waals surface area contributed by atoms with Gasteiger partial charge in [0.2, 0.25) is 0 Å². The van der Waals surface area contributed by atoms with Gasteiger partial charge in [0.1, 0.15) is 5.15 Å². The highest BCUT2D eigenvalue weighted by atomic mass is 35.5. The number of aryl methyl sites for hydroxylation is 1. The van der Waals surface area contributed by atoms with Crippen LogP contribution in [0.25, 0.3) is 6.08 Å². The molecule has 0 unspecified atom stereocenters. The molecule has 0 saturated carbocycles. The summed E-state index contributed by atoms with van der Waals surface area (Å²) in [5.41, 5.74) is 1.81. The van der Waals surface area contributed by atoms with Crippen LogP contribution in [0.1, 0.15) is 11.3 Å². The van der Waals surface area contributed by atoms with Gasteiger partial charge in [-0.05, 0) is 24.6 Å². The van der Waals surface area contributed by atoms with Crippen LogP contribution in [0, 0.1) is 6.92 Å². The van der Waals surface area contributed by atoms with Crippen LogP contribution in [0.4, 0.5) is 0 Å². The van der Waals surface area contributed by atoms with E-state index >= 15 is 0 Å². The van der Waals surface area contributed by atoms with Gasteiger partial charge in [0.05, 0.1) is 5.69 Å². The van der Waals surface area contributed by atoms with E-state index in [0.29, 0.717) is 5.15 Å². The molecule has 10 heavy (non-hydrogen) atoms. The summed E-state index contributed by atoms with van der Waals surface area (Å²) >= 11 is 5.73. The monoisotopic (exact) mass is 153 g/mol. The number of hydrogen-bond acceptors (Lipinski definition) is 1. The highest BCUT2D eigenvalue weighted by molar-refractivity contribution is 6.30. The van der Waals surface area contributed by atoms with Crippen molar-refractivity contribution >= 4 is 17.7 Å². The lowest BCUT2D eigenvalue weighted by atomic mass is 10.3. The second kappa shape index (κ2) is 2.84. The van der Waals surface area contributed by atoms with Crippen LogP contribution in [-0.2, 0) is 0 Å². The fourth-order valence-electron chi connectivity index (χ4n) is 0.632. The molecule has 52 valence electrons. The first-order chi connectivity index (χ1) is 4.74. The van der Waals surface area contributed by atoms with Crippen LogP contribution < -0.4 is 0 Å². The number of aromatic nitrogens is 1. The largest absolute Gasteiger partial charge is 0.236 e. The van der Waals surface area contributed by atoms with Gasteiger partial charge in [-0.15, -0.1) is 0 Å². The number of rotatable bonds is 1. The second-order valence-corrected chi connectivity index (χ2v) is 2.41. The van der Waals surface area contributed by atoms with Gasteiger partial charge in [0.15, 0.2) is 0 Å². The van der Waals surface area contributed by atoms with E-state index in [1.807, 2.05) is 19.1 Å². The van der Waals surface area contributed by atoms with Crippen LogP contribution in [-0.4, -0.2) is 4.98 Å². The Morgan fingerprint density at radius 2 is 2.30 bits per heavy atom. The molecule has 0 aromatic carbocycles. The maximum absolute atomic E-state index is 5.73. The van der Waals surface area contributed by atoms with E-state index in [1.165, 1.54) is 0 Å². The number of hydrogen-bond donors (Lipinski definition) is 0. The minimum absolute atomic E-state index is 0.553. The predicted octanol–water partition coefficient (Wildman–Crippen LogP) is 2.69. The molecule has 0 N–H and O–H groups in total. The van der Waals surface area contributed by atoms with Crippen molar-refractivity contribution in [1.29, 1.82) is 0 Å². The van der Waals surface area contributed by atoms with Crippen molar-refractivity contribution in [2.75, 3.05) is 0 Å². The van der Waals surface area contributed by atoms with E-state index in [4.69, 9.17) is 11.6 Å². The van der Waals surface area contributed by atoms with E-state index in [2.05, 4.69) is 11.6 Å². The first kappa shape index (κ1) is 7.29. The van der Waals surface area contributed by atoms with Crippen LogP contribution in [0.2, 0.25) is 5.15 Å². The Bertz CT molecular complexity index is 255. The minimum Gasteiger partial charge on any atom is -0.236 e. The fourth-order valence-corrected chi connectivity index (χ4v) is 0.792. The molecule has 1 aromatic rings. The lowest BCUT2D eigenvalue weighted by molar-refractivity contribution is 1.24. The van der Waals surface area contributed by atoms with Gasteiger partial charge in [-0.1, -0.05) is 24.2 Å². The Morgan fingerprint density at radius 1 is 1.60 bits per heavy atom. The average molecular weight is 154 g/mol. The summed E-state index contributed by atoms with van der Waals surface area (Å²) in [6, 6.07) is 3.81. The van der Waals surface area contributed by atoms with Crippen molar-refractivity contribution in [3.05, 3.63) is 35.1 Å².